The van der Waals surface area contributed by atoms with Crippen molar-refractivity contribution in [3.63, 3.8) is 0 Å². The molecule has 3 amide bonds. The lowest BCUT2D eigenvalue weighted by Crippen LogP contribution is -2.38. The third-order valence-corrected chi connectivity index (χ3v) is 7.05. The van der Waals surface area contributed by atoms with Crippen molar-refractivity contribution >= 4 is 91.2 Å². The number of carbonyl (C=O) groups is 3. The quantitative estimate of drug-likeness (QED) is 0.193. The minimum atomic E-state index is -1.14. The fourth-order valence-corrected chi connectivity index (χ4v) is 6.74. The first kappa shape index (κ1) is 27.7. The molecule has 1 aromatic rings. The molecule has 1 aromatic carbocycles. The summed E-state index contributed by atoms with van der Waals surface area (Å²) in [6, 6.07) is 0. The second-order valence-corrected chi connectivity index (χ2v) is 9.55. The zero-order valence-corrected chi connectivity index (χ0v) is 22.6. The van der Waals surface area contributed by atoms with Gasteiger partial charge in [0.2, 0.25) is 5.91 Å². The van der Waals surface area contributed by atoms with Crippen LogP contribution in [0, 0.1) is 10.7 Å². The Bertz CT molecular complexity index is 823. The van der Waals surface area contributed by atoms with Gasteiger partial charge in [0.25, 0.3) is 11.8 Å². The molecule has 13 heteroatoms. The molecule has 0 aromatic heterocycles. The Balaban J connectivity index is 3.55. The Morgan fingerprint density at radius 2 is 1.50 bits per heavy atom. The maximum absolute atomic E-state index is 13.1. The molecule has 0 unspecified atom stereocenters. The molecule has 0 fully saturated rings. The van der Waals surface area contributed by atoms with Crippen LogP contribution in [-0.4, -0.2) is 88.6 Å². The van der Waals surface area contributed by atoms with Crippen molar-refractivity contribution in [3.05, 3.63) is 21.8 Å². The number of amides is 3. The van der Waals surface area contributed by atoms with Crippen LogP contribution in [0.1, 0.15) is 27.6 Å². The minimum absolute atomic E-state index is 0.130. The summed E-state index contributed by atoms with van der Waals surface area (Å²) in [5, 5.41) is 42.3. The SMILES string of the molecule is CC(=O)Nc1c(I)c(C(=O)NC[C@H](O)CO)c(I)c(C(=O)N(C)C[C@H](O)CO)c1I. The van der Waals surface area contributed by atoms with Crippen LogP contribution in [0.2, 0.25) is 0 Å². The van der Waals surface area contributed by atoms with Gasteiger partial charge < -0.3 is 36.0 Å². The zero-order valence-electron chi connectivity index (χ0n) is 16.1. The number of nitrogens with one attached hydrogen (secondary N) is 2. The van der Waals surface area contributed by atoms with E-state index in [1.165, 1.54) is 18.9 Å². The highest BCUT2D eigenvalue weighted by Gasteiger charge is 2.30. The maximum atomic E-state index is 13.1. The number of nitrogens with zero attached hydrogens (tertiary/aromatic N) is 1. The van der Waals surface area contributed by atoms with Crippen LogP contribution in [0.25, 0.3) is 0 Å². The van der Waals surface area contributed by atoms with Crippen LogP contribution >= 0.6 is 67.8 Å². The number of carbonyl (C=O) groups excluding carboxylic acids is 3. The highest BCUT2D eigenvalue weighted by atomic mass is 127. The molecule has 0 saturated heterocycles. The van der Waals surface area contributed by atoms with Crippen molar-refractivity contribution in [1.29, 1.82) is 0 Å². The maximum Gasteiger partial charge on any atom is 0.255 e. The van der Waals surface area contributed by atoms with Crippen LogP contribution in [0.5, 0.6) is 0 Å². The molecule has 2 atom stereocenters. The lowest BCUT2D eigenvalue weighted by Gasteiger charge is -2.24. The summed E-state index contributed by atoms with van der Waals surface area (Å²) in [7, 11) is 1.45. The van der Waals surface area contributed by atoms with E-state index in [0.717, 1.165) is 0 Å². The summed E-state index contributed by atoms with van der Waals surface area (Å²) in [6.07, 6.45) is -2.27. The van der Waals surface area contributed by atoms with Gasteiger partial charge in [-0.3, -0.25) is 14.4 Å². The number of likely N-dealkylation sites (N-methyl/N-ethyl adjacent to an activating group) is 1. The molecule has 0 aliphatic heterocycles. The van der Waals surface area contributed by atoms with Gasteiger partial charge in [0.1, 0.15) is 0 Å². The average molecular weight is 761 g/mol. The van der Waals surface area contributed by atoms with Gasteiger partial charge in [0, 0.05) is 30.6 Å². The van der Waals surface area contributed by atoms with Crippen molar-refractivity contribution < 1.29 is 34.8 Å². The van der Waals surface area contributed by atoms with E-state index in [4.69, 9.17) is 10.2 Å². The average Bonchev–Trinajstić information content (AvgIpc) is 2.68. The standard InChI is InChI=1S/C17H22I3N3O7/c1-7(26)22-15-13(19)10(16(29)21-3-8(27)5-24)12(18)11(14(15)20)17(30)23(2)4-9(28)6-25/h8-9,24-25,27-28H,3-6H2,1-2H3,(H,21,29)(H,22,26)/t8-,9-/m0/s1. The third-order valence-electron chi connectivity index (χ3n) is 3.81. The normalized spacial score (nSPS) is 12.8. The molecule has 0 bridgehead atoms. The molecule has 6 N–H and O–H groups in total. The lowest BCUT2D eigenvalue weighted by molar-refractivity contribution is -0.114. The Hall–Kier alpha value is -0.340. The van der Waals surface area contributed by atoms with Crippen LogP contribution in [0.15, 0.2) is 0 Å². The van der Waals surface area contributed by atoms with Gasteiger partial charge in [-0.1, -0.05) is 0 Å². The van der Waals surface area contributed by atoms with Gasteiger partial charge in [0.15, 0.2) is 0 Å². The predicted molar refractivity (Wildman–Crippen MR) is 134 cm³/mol. The number of halogens is 3. The summed E-state index contributed by atoms with van der Waals surface area (Å²) >= 11 is 5.66. The lowest BCUT2D eigenvalue weighted by atomic mass is 10.1. The van der Waals surface area contributed by atoms with Crippen molar-refractivity contribution in [2.75, 3.05) is 38.7 Å². The monoisotopic (exact) mass is 761 g/mol. The van der Waals surface area contributed by atoms with E-state index in [1.54, 1.807) is 0 Å². The summed E-state index contributed by atoms with van der Waals surface area (Å²) in [4.78, 5) is 38.8. The van der Waals surface area contributed by atoms with Gasteiger partial charge in [-0.25, -0.2) is 0 Å². The smallest absolute Gasteiger partial charge is 0.255 e. The van der Waals surface area contributed by atoms with E-state index in [0.29, 0.717) is 10.7 Å². The number of hydrogen-bond acceptors (Lipinski definition) is 7. The molecule has 30 heavy (non-hydrogen) atoms. The number of aliphatic hydroxyl groups is 4. The number of rotatable bonds is 9. The highest BCUT2D eigenvalue weighted by molar-refractivity contribution is 14.1. The third kappa shape index (κ3) is 7.09. The second kappa shape index (κ2) is 12.6. The van der Waals surface area contributed by atoms with Gasteiger partial charge in [-0.15, -0.1) is 0 Å². The molecule has 0 spiro atoms. The molecule has 0 heterocycles. The molecule has 0 aliphatic carbocycles. The van der Waals surface area contributed by atoms with Crippen molar-refractivity contribution in [1.82, 2.24) is 10.2 Å². The first-order valence-corrected chi connectivity index (χ1v) is 11.8. The van der Waals surface area contributed by atoms with Crippen LogP contribution in [0.4, 0.5) is 5.69 Å². The molecule has 168 valence electrons. The topological polar surface area (TPSA) is 159 Å². The van der Waals surface area contributed by atoms with Gasteiger partial charge in [-0.2, -0.15) is 0 Å². The Morgan fingerprint density at radius 3 is 2.00 bits per heavy atom. The Labute approximate surface area is 214 Å². The molecule has 1 rings (SSSR count). The minimum Gasteiger partial charge on any atom is -0.394 e. The van der Waals surface area contributed by atoms with Crippen LogP contribution in [-0.2, 0) is 4.79 Å². The summed E-state index contributed by atoms with van der Waals surface area (Å²) < 4.78 is 1.14. The van der Waals surface area contributed by atoms with Crippen LogP contribution < -0.4 is 10.6 Å². The number of hydrogen-bond donors (Lipinski definition) is 6. The summed E-state index contributed by atoms with van der Waals surface area (Å²) in [5.41, 5.74) is 0.572. The summed E-state index contributed by atoms with van der Waals surface area (Å²) in [5.74, 6) is -1.49. The van der Waals surface area contributed by atoms with E-state index in [1.807, 2.05) is 67.8 Å². The van der Waals surface area contributed by atoms with E-state index < -0.39 is 43.1 Å². The van der Waals surface area contributed by atoms with Gasteiger partial charge in [0.05, 0.1) is 49.4 Å². The van der Waals surface area contributed by atoms with Gasteiger partial charge in [-0.05, 0) is 67.8 Å². The number of benzene rings is 1. The van der Waals surface area contributed by atoms with Crippen molar-refractivity contribution in [3.8, 4) is 0 Å². The van der Waals surface area contributed by atoms with Gasteiger partial charge >= 0.3 is 0 Å². The molecule has 0 aliphatic rings. The van der Waals surface area contributed by atoms with Crippen molar-refractivity contribution in [2.45, 2.75) is 19.1 Å². The molecule has 0 radical (unpaired) electrons. The molecular weight excluding hydrogens is 739 g/mol. The van der Waals surface area contributed by atoms with Crippen molar-refractivity contribution in [2.24, 2.45) is 0 Å². The molecule has 0 saturated carbocycles. The van der Waals surface area contributed by atoms with E-state index in [2.05, 4.69) is 10.6 Å². The number of aliphatic hydroxyl groups excluding tert-OH is 4. The van der Waals surface area contributed by atoms with E-state index in [-0.39, 0.29) is 29.9 Å². The largest absolute Gasteiger partial charge is 0.394 e. The number of anilines is 1. The first-order valence-electron chi connectivity index (χ1n) is 8.55. The zero-order chi connectivity index (χ0) is 23.2. The summed E-state index contributed by atoms with van der Waals surface area (Å²) in [6.45, 7) is -0.0782. The fraction of sp³-hybridized carbons (Fsp3) is 0.471. The molecule has 10 nitrogen and oxygen atoms in total. The molecular formula is C17H22I3N3O7. The first-order chi connectivity index (χ1) is 14.0. The van der Waals surface area contributed by atoms with E-state index >= 15 is 0 Å². The predicted octanol–water partition coefficient (Wildman–Crippen LogP) is -0.0330. The second-order valence-electron chi connectivity index (χ2n) is 6.32. The Kier molecular flexibility index (Phi) is 11.7. The Morgan fingerprint density at radius 1 is 0.967 bits per heavy atom. The highest BCUT2D eigenvalue weighted by Crippen LogP contribution is 2.36. The van der Waals surface area contributed by atoms with Crippen LogP contribution in [0.3, 0.4) is 0 Å². The fourth-order valence-electron chi connectivity index (χ4n) is 2.35. The van der Waals surface area contributed by atoms with E-state index in [9.17, 15) is 24.6 Å².